The van der Waals surface area contributed by atoms with Crippen molar-refractivity contribution in [2.45, 2.75) is 31.6 Å². The molecule has 0 atom stereocenters. The van der Waals surface area contributed by atoms with Crippen LogP contribution in [0.3, 0.4) is 0 Å². The van der Waals surface area contributed by atoms with E-state index in [0.717, 1.165) is 167 Å². The van der Waals surface area contributed by atoms with Gasteiger partial charge in [-0.3, -0.25) is 0 Å². The molecule has 2 aliphatic rings. The number of allylic oxidation sites excluding steroid dienone is 2. The van der Waals surface area contributed by atoms with Crippen molar-refractivity contribution in [2.75, 3.05) is 21.2 Å². The van der Waals surface area contributed by atoms with Crippen LogP contribution in [0.2, 0.25) is 0 Å². The summed E-state index contributed by atoms with van der Waals surface area (Å²) in [6.07, 6.45) is 14.8. The minimum absolute atomic E-state index is 0.293. The van der Waals surface area contributed by atoms with Crippen LogP contribution in [-0.4, -0.2) is 21.5 Å². The molecule has 20 rings (SSSR count). The van der Waals surface area contributed by atoms with Gasteiger partial charge in [-0.1, -0.05) is 219 Å². The summed E-state index contributed by atoms with van der Waals surface area (Å²) in [5, 5.41) is 17.3. The number of benzene rings is 14. The van der Waals surface area contributed by atoms with Crippen molar-refractivity contribution in [3.63, 3.8) is 0 Å². The first kappa shape index (κ1) is 55.1. The van der Waals surface area contributed by atoms with Gasteiger partial charge in [-0.25, -0.2) is 15.0 Å². The highest BCUT2D eigenvalue weighted by Gasteiger charge is 2.31. The summed E-state index contributed by atoms with van der Waals surface area (Å²) in [6.45, 7) is 0.707. The van der Waals surface area contributed by atoms with Crippen LogP contribution >= 0.6 is 0 Å². The van der Waals surface area contributed by atoms with Crippen molar-refractivity contribution in [3.05, 3.63) is 303 Å². The molecule has 0 saturated heterocycles. The largest absolute Gasteiger partial charge is 0.455 e. The van der Waals surface area contributed by atoms with E-state index in [1.807, 2.05) is 0 Å². The second-order valence-electron chi connectivity index (χ2n) is 26.0. The standard InChI is InChI=1S/C89H60N6O2/c1-6-24-55(25-7-1)58-40-41-65-73(48-58)64-35-17-16-30-59(64)49-77(65)95(61-33-12-4-13-34-61)76-45-44-69-74-50-62(93-46-22-5-23-47-93)52-78-81(74)83-68(42-43-72(86(83)96-78)89-91-54-90-88(92-89)57-28-14-15-29-57)75-51-63(53-79-82(75)84(69)87(76)97-79)94(60-31-10-3-11-32-60)85-70-38-20-18-36-66(70)80(56-26-8-2-9-27-56)67-37-19-21-39-71(67)85/h1-13,16-27,30-46,48-54,57H,14-15,28-29,47H2. The number of fused-ring (bicyclic) bond motifs is 7. The molecule has 8 heteroatoms. The lowest BCUT2D eigenvalue weighted by Gasteiger charge is -2.29. The molecule has 1 saturated carbocycles. The third-order valence-corrected chi connectivity index (χ3v) is 20.6. The van der Waals surface area contributed by atoms with Gasteiger partial charge in [0.15, 0.2) is 11.4 Å². The SMILES string of the molecule is C1=CCN(c2cc3oc4c(-c5ncnc(C6CCCC6)n5)ccc5c6cc(N(c7ccccc7)c7c8ccccc8c(-c8ccccc8)c8ccccc78)cc7oc8c(N(c9ccccc9)c9cc%10ccccc%10c%10cc(-c%11ccccc%11)ccc9%10)ccc(c(c2)c3c45)c8c76)C=C1. The highest BCUT2D eigenvalue weighted by atomic mass is 16.3. The molecular weight excluding hydrogens is 1190 g/mol. The monoisotopic (exact) mass is 1240 g/mol. The Balaban J connectivity index is 0.944. The fourth-order valence-electron chi connectivity index (χ4n) is 16.3. The number of aromatic nitrogens is 3. The average molecular weight is 1250 g/mol. The summed E-state index contributed by atoms with van der Waals surface area (Å²) in [4.78, 5) is 22.3. The number of rotatable bonds is 11. The minimum Gasteiger partial charge on any atom is -0.455 e. The van der Waals surface area contributed by atoms with Crippen LogP contribution in [-0.2, 0) is 0 Å². The zero-order valence-electron chi connectivity index (χ0n) is 52.9. The maximum absolute atomic E-state index is 8.03. The van der Waals surface area contributed by atoms with E-state index in [4.69, 9.17) is 23.8 Å². The topological polar surface area (TPSA) is 74.7 Å². The van der Waals surface area contributed by atoms with E-state index < -0.39 is 0 Å². The Morgan fingerprint density at radius 1 is 0.392 bits per heavy atom. The van der Waals surface area contributed by atoms with Crippen molar-refractivity contribution in [3.8, 4) is 33.6 Å². The molecule has 0 amide bonds. The Morgan fingerprint density at radius 3 is 1.70 bits per heavy atom. The van der Waals surface area contributed by atoms with Crippen LogP contribution in [0.25, 0.3) is 142 Å². The van der Waals surface area contributed by atoms with Crippen molar-refractivity contribution in [1.29, 1.82) is 0 Å². The zero-order valence-corrected chi connectivity index (χ0v) is 52.9. The maximum Gasteiger partial charge on any atom is 0.166 e. The van der Waals surface area contributed by atoms with Gasteiger partial charge >= 0.3 is 0 Å². The molecule has 8 nitrogen and oxygen atoms in total. The van der Waals surface area contributed by atoms with Gasteiger partial charge in [-0.05, 0) is 150 Å². The van der Waals surface area contributed by atoms with Crippen LogP contribution in [0.15, 0.2) is 307 Å². The summed E-state index contributed by atoms with van der Waals surface area (Å²) < 4.78 is 15.6. The van der Waals surface area contributed by atoms with Crippen LogP contribution in [0.4, 0.5) is 39.8 Å². The number of hydrogen-bond donors (Lipinski definition) is 0. The van der Waals surface area contributed by atoms with E-state index in [2.05, 4.69) is 306 Å². The third kappa shape index (κ3) is 8.73. The first-order valence-corrected chi connectivity index (χ1v) is 33.7. The van der Waals surface area contributed by atoms with Gasteiger partial charge in [0.2, 0.25) is 0 Å². The molecule has 15 aromatic carbocycles. The molecule has 458 valence electrons. The molecule has 1 aliphatic carbocycles. The average Bonchev–Trinajstić information content (AvgIpc) is 1.59. The molecule has 0 N–H and O–H groups in total. The van der Waals surface area contributed by atoms with E-state index in [1.165, 1.54) is 40.3 Å². The summed E-state index contributed by atoms with van der Waals surface area (Å²) in [5.41, 5.74) is 15.5. The second kappa shape index (κ2) is 22.1. The Labute approximate surface area is 558 Å². The van der Waals surface area contributed by atoms with Gasteiger partial charge in [0.25, 0.3) is 0 Å². The van der Waals surface area contributed by atoms with Crippen molar-refractivity contribution in [2.24, 2.45) is 0 Å². The molecule has 1 fully saturated rings. The molecule has 3 aromatic heterocycles. The molecule has 4 heterocycles. The Hall–Kier alpha value is -12.4. The van der Waals surface area contributed by atoms with E-state index in [-0.39, 0.29) is 0 Å². The molecular formula is C89H60N6O2. The van der Waals surface area contributed by atoms with Gasteiger partial charge in [0.05, 0.1) is 28.3 Å². The number of para-hydroxylation sites is 2. The fourth-order valence-corrected chi connectivity index (χ4v) is 16.3. The van der Waals surface area contributed by atoms with Crippen LogP contribution in [0.5, 0.6) is 0 Å². The van der Waals surface area contributed by atoms with E-state index in [0.29, 0.717) is 18.3 Å². The summed E-state index contributed by atoms with van der Waals surface area (Å²) >= 11 is 0. The highest BCUT2D eigenvalue weighted by Crippen LogP contribution is 2.55. The van der Waals surface area contributed by atoms with E-state index in [1.54, 1.807) is 6.33 Å². The molecule has 0 unspecified atom stereocenters. The molecule has 0 spiro atoms. The van der Waals surface area contributed by atoms with Crippen LogP contribution in [0.1, 0.15) is 37.4 Å². The van der Waals surface area contributed by atoms with Crippen LogP contribution in [0, 0.1) is 0 Å². The van der Waals surface area contributed by atoms with Gasteiger partial charge in [0.1, 0.15) is 28.9 Å². The Bertz CT molecular complexity index is 6200. The van der Waals surface area contributed by atoms with Crippen molar-refractivity contribution in [1.82, 2.24) is 15.0 Å². The van der Waals surface area contributed by atoms with Gasteiger partial charge in [-0.15, -0.1) is 0 Å². The van der Waals surface area contributed by atoms with Gasteiger partial charge < -0.3 is 23.5 Å². The predicted molar refractivity (Wildman–Crippen MR) is 403 cm³/mol. The number of nitrogens with zero attached hydrogens (tertiary/aromatic N) is 6. The Morgan fingerprint density at radius 2 is 0.990 bits per heavy atom. The smallest absolute Gasteiger partial charge is 0.166 e. The first-order chi connectivity index (χ1) is 48.1. The summed E-state index contributed by atoms with van der Waals surface area (Å²) in [7, 11) is 0. The van der Waals surface area contributed by atoms with Crippen molar-refractivity contribution >= 4 is 148 Å². The molecule has 1 aliphatic heterocycles. The Kier molecular flexibility index (Phi) is 12.6. The maximum atomic E-state index is 8.03. The first-order valence-electron chi connectivity index (χ1n) is 33.7. The van der Waals surface area contributed by atoms with E-state index >= 15 is 0 Å². The minimum atomic E-state index is 0.293. The van der Waals surface area contributed by atoms with Crippen LogP contribution < -0.4 is 14.7 Å². The second-order valence-corrected chi connectivity index (χ2v) is 26.0. The number of furan rings is 2. The molecule has 0 radical (unpaired) electrons. The van der Waals surface area contributed by atoms with Gasteiger partial charge in [-0.2, -0.15) is 0 Å². The van der Waals surface area contributed by atoms with Gasteiger partial charge in [0, 0.05) is 85.6 Å². The lowest BCUT2D eigenvalue weighted by atomic mass is 9.89. The molecule has 18 aromatic rings. The number of anilines is 7. The normalized spacial score (nSPS) is 13.6. The third-order valence-electron chi connectivity index (χ3n) is 20.6. The lowest BCUT2D eigenvalue weighted by Crippen LogP contribution is -2.17. The molecule has 97 heavy (non-hydrogen) atoms. The summed E-state index contributed by atoms with van der Waals surface area (Å²) in [5.74, 6) is 1.75. The fraction of sp³-hybridized carbons (Fsp3) is 0.0674. The zero-order chi connectivity index (χ0) is 63.7. The molecule has 0 bridgehead atoms. The van der Waals surface area contributed by atoms with Crippen molar-refractivity contribution < 1.29 is 8.83 Å². The summed E-state index contributed by atoms with van der Waals surface area (Å²) in [6, 6.07) is 97.6. The lowest BCUT2D eigenvalue weighted by molar-refractivity contribution is 0.659. The highest BCUT2D eigenvalue weighted by molar-refractivity contribution is 6.39. The van der Waals surface area contributed by atoms with E-state index in [9.17, 15) is 0 Å². The number of hydrogen-bond acceptors (Lipinski definition) is 8. The predicted octanol–water partition coefficient (Wildman–Crippen LogP) is 24.5. The quantitative estimate of drug-likeness (QED) is 0.0937.